The Bertz CT molecular complexity index is 1090. The van der Waals surface area contributed by atoms with Gasteiger partial charge in [0.15, 0.2) is 17.4 Å². The van der Waals surface area contributed by atoms with E-state index in [0.29, 0.717) is 24.4 Å². The van der Waals surface area contributed by atoms with Crippen LogP contribution in [0.2, 0.25) is 0 Å². The molecule has 0 saturated carbocycles. The van der Waals surface area contributed by atoms with Crippen LogP contribution >= 0.6 is 0 Å². The number of nitrogens with zero attached hydrogens (tertiary/aromatic N) is 3. The molecule has 1 atom stereocenters. The topological polar surface area (TPSA) is 120 Å². The zero-order valence-corrected chi connectivity index (χ0v) is 23.7. The maximum absolute atomic E-state index is 12.8. The molecule has 2 heterocycles. The van der Waals surface area contributed by atoms with Crippen LogP contribution in [0.25, 0.3) is 0 Å². The highest BCUT2D eigenvalue weighted by Crippen LogP contribution is 2.31. The Labute approximate surface area is 217 Å². The molecule has 3 rings (SSSR count). The number of rotatable bonds is 6. The van der Waals surface area contributed by atoms with Gasteiger partial charge in [-0.3, -0.25) is 4.79 Å². The predicted molar refractivity (Wildman–Crippen MR) is 149 cm³/mol. The Kier molecular flexibility index (Phi) is 12.9. The van der Waals surface area contributed by atoms with Crippen molar-refractivity contribution in [2.75, 3.05) is 18.9 Å². The van der Waals surface area contributed by atoms with Crippen LogP contribution in [0.3, 0.4) is 0 Å². The van der Waals surface area contributed by atoms with Gasteiger partial charge >= 0.3 is 0 Å². The number of carbonyl (C=O) groups is 1. The molecule has 0 saturated heterocycles. The molecular formula is C26H41N5O4S. The minimum atomic E-state index is -1.78. The summed E-state index contributed by atoms with van der Waals surface area (Å²) in [5.74, 6) is 2.33. The highest BCUT2D eigenvalue weighted by atomic mass is 32.2. The number of anilines is 1. The van der Waals surface area contributed by atoms with Crippen LogP contribution in [0.1, 0.15) is 75.4 Å². The van der Waals surface area contributed by atoms with Crippen molar-refractivity contribution in [3.05, 3.63) is 46.9 Å². The van der Waals surface area contributed by atoms with Crippen LogP contribution in [0.5, 0.6) is 5.75 Å². The van der Waals surface area contributed by atoms with Gasteiger partial charge in [-0.1, -0.05) is 47.6 Å². The highest BCUT2D eigenvalue weighted by Gasteiger charge is 2.24. The number of furan rings is 1. The molecule has 2 aromatic rings. The van der Waals surface area contributed by atoms with Crippen molar-refractivity contribution in [2.24, 2.45) is 14.7 Å². The number of phenolic OH excluding ortho intramolecular Hbond substituents is 1. The summed E-state index contributed by atoms with van der Waals surface area (Å²) in [7, 11) is 1.69. The minimum absolute atomic E-state index is 0.190. The summed E-state index contributed by atoms with van der Waals surface area (Å²) in [6, 6.07) is 7.04. The van der Waals surface area contributed by atoms with E-state index < -0.39 is 11.2 Å². The number of aryl methyl sites for hydroxylation is 2. The first-order valence-electron chi connectivity index (χ1n) is 12.3. The largest absolute Gasteiger partial charge is 0.505 e. The van der Waals surface area contributed by atoms with E-state index in [-0.39, 0.29) is 34.6 Å². The van der Waals surface area contributed by atoms with E-state index >= 15 is 0 Å². The maximum Gasteiger partial charge on any atom is 0.269 e. The Morgan fingerprint density at radius 2 is 1.72 bits per heavy atom. The lowest BCUT2D eigenvalue weighted by Crippen LogP contribution is -2.33. The van der Waals surface area contributed by atoms with Crippen molar-refractivity contribution in [1.82, 2.24) is 10.2 Å². The van der Waals surface area contributed by atoms with Crippen molar-refractivity contribution in [3.63, 3.8) is 0 Å². The number of hydrogen-bond donors (Lipinski definition) is 3. The van der Waals surface area contributed by atoms with E-state index in [2.05, 4.69) is 40.2 Å². The van der Waals surface area contributed by atoms with Gasteiger partial charge in [0.2, 0.25) is 0 Å². The molecule has 3 N–H and O–H groups in total. The molecular weight excluding hydrogens is 478 g/mol. The summed E-state index contributed by atoms with van der Waals surface area (Å²) in [6.07, 6.45) is 0.809. The molecule has 0 spiro atoms. The van der Waals surface area contributed by atoms with E-state index in [1.807, 2.05) is 39.8 Å². The lowest BCUT2D eigenvalue weighted by atomic mass is 10.0. The number of nitrogens with one attached hydrogen (secondary N) is 2. The van der Waals surface area contributed by atoms with Gasteiger partial charge in [-0.2, -0.15) is 0 Å². The minimum Gasteiger partial charge on any atom is -0.505 e. The van der Waals surface area contributed by atoms with Crippen molar-refractivity contribution in [1.29, 1.82) is 0 Å². The average Bonchev–Trinajstić information content (AvgIpc) is 3.39. The second kappa shape index (κ2) is 15.1. The molecule has 1 unspecified atom stereocenters. The van der Waals surface area contributed by atoms with E-state index in [1.165, 1.54) is 0 Å². The van der Waals surface area contributed by atoms with Gasteiger partial charge < -0.3 is 25.1 Å². The zero-order chi connectivity index (χ0) is 27.4. The molecule has 1 aromatic heterocycles. The zero-order valence-electron chi connectivity index (χ0n) is 22.9. The maximum atomic E-state index is 12.8. The fraction of sp³-hybridized carbons (Fsp3) is 0.500. The third kappa shape index (κ3) is 9.14. The summed E-state index contributed by atoms with van der Waals surface area (Å²) in [4.78, 5) is 14.3. The van der Waals surface area contributed by atoms with Crippen LogP contribution in [0.4, 0.5) is 5.69 Å². The molecule has 1 aromatic carbocycles. The predicted octanol–water partition coefficient (Wildman–Crippen LogP) is 5.36. The van der Waals surface area contributed by atoms with Crippen molar-refractivity contribution in [2.45, 2.75) is 68.4 Å². The smallest absolute Gasteiger partial charge is 0.269 e. The van der Waals surface area contributed by atoms with Gasteiger partial charge in [0, 0.05) is 13.6 Å². The summed E-state index contributed by atoms with van der Waals surface area (Å²) in [5, 5.41) is 16.7. The first-order valence-corrected chi connectivity index (χ1v) is 13.3. The molecule has 36 heavy (non-hydrogen) atoms. The Morgan fingerprint density at radius 3 is 2.28 bits per heavy atom. The normalized spacial score (nSPS) is 14.1. The molecule has 0 radical (unpaired) electrons. The fourth-order valence-electron chi connectivity index (χ4n) is 3.03. The fourth-order valence-corrected chi connectivity index (χ4v) is 3.67. The number of amides is 1. The second-order valence-electron chi connectivity index (χ2n) is 8.71. The molecule has 0 bridgehead atoms. The van der Waals surface area contributed by atoms with Crippen LogP contribution in [0, 0.1) is 19.8 Å². The first kappa shape index (κ1) is 30.9. The molecule has 0 aliphatic carbocycles. The molecule has 1 amide bonds. The van der Waals surface area contributed by atoms with Crippen molar-refractivity contribution < 1.29 is 18.5 Å². The van der Waals surface area contributed by atoms with Gasteiger partial charge in [0.05, 0.1) is 17.8 Å². The quantitative estimate of drug-likeness (QED) is 0.442. The van der Waals surface area contributed by atoms with E-state index in [1.54, 1.807) is 31.0 Å². The molecule has 0 fully saturated rings. The monoisotopic (exact) mass is 519 g/mol. The van der Waals surface area contributed by atoms with Crippen molar-refractivity contribution >= 4 is 34.4 Å². The highest BCUT2D eigenvalue weighted by molar-refractivity contribution is 7.83. The molecule has 1 aliphatic rings. The number of hydrogen-bond acceptors (Lipinski definition) is 6. The number of aromatic hydroxyl groups is 1. The van der Waals surface area contributed by atoms with Gasteiger partial charge in [0.25, 0.3) is 17.1 Å². The Balaban J connectivity index is 0.000000982. The van der Waals surface area contributed by atoms with Gasteiger partial charge in [-0.25, -0.2) is 4.21 Å². The third-order valence-corrected chi connectivity index (χ3v) is 5.23. The van der Waals surface area contributed by atoms with Crippen LogP contribution in [-0.2, 0) is 17.7 Å². The Hall–Kier alpha value is -3.14. The van der Waals surface area contributed by atoms with Crippen LogP contribution in [0.15, 0.2) is 37.5 Å². The third-order valence-electron chi connectivity index (χ3n) is 4.55. The number of carbonyl (C=O) groups excluding carboxylic acids is 1. The molecule has 200 valence electrons. The van der Waals surface area contributed by atoms with Gasteiger partial charge in [-0.15, -0.1) is 8.80 Å². The van der Waals surface area contributed by atoms with E-state index in [4.69, 9.17) is 4.42 Å². The van der Waals surface area contributed by atoms with Crippen LogP contribution in [-0.4, -0.2) is 45.4 Å². The summed E-state index contributed by atoms with van der Waals surface area (Å²) < 4.78 is 25.3. The number of phenols is 1. The summed E-state index contributed by atoms with van der Waals surface area (Å²) in [6.45, 7) is 17.0. The Morgan fingerprint density at radius 1 is 1.11 bits per heavy atom. The van der Waals surface area contributed by atoms with Gasteiger partial charge in [0.1, 0.15) is 11.5 Å². The van der Waals surface area contributed by atoms with Gasteiger partial charge in [-0.05, 0) is 49.9 Å². The van der Waals surface area contributed by atoms with E-state index in [9.17, 15) is 14.1 Å². The van der Waals surface area contributed by atoms with Crippen molar-refractivity contribution in [3.8, 4) is 5.75 Å². The molecule has 9 nitrogen and oxygen atoms in total. The lowest BCUT2D eigenvalue weighted by Gasteiger charge is -2.20. The number of amidine groups is 2. The first-order chi connectivity index (χ1) is 17.0. The summed E-state index contributed by atoms with van der Waals surface area (Å²) >= 11 is -1.78. The summed E-state index contributed by atoms with van der Waals surface area (Å²) in [5.41, 5.74) is 1.14. The molecule has 1 aliphatic heterocycles. The van der Waals surface area contributed by atoms with E-state index in [0.717, 1.165) is 18.1 Å². The SMILES string of the molecule is CC.CC(C)C.CCCN(C)C(=O)c1c(C)ccc(NC2=NS(=O)N=C2NCc2ccc(C)o2)c1O. The average molecular weight is 520 g/mol. The lowest BCUT2D eigenvalue weighted by molar-refractivity contribution is 0.0791. The standard InChI is InChI=1S/C20H25N5O4S.C4H10.C2H6/c1-5-10-25(4)20(27)16-12(2)6-9-15(17(16)26)22-19-18(23-30(28)24-19)21-11-14-8-7-13(3)29-14;1-4(2)3;1-2/h6-9,26H,5,10-11H2,1-4H3,(H,21,23)(H,22,24);4H,1-3H3;1-2H3. The molecule has 10 heteroatoms. The number of benzene rings is 1. The van der Waals surface area contributed by atoms with Crippen LogP contribution < -0.4 is 10.6 Å². The second-order valence-corrected chi connectivity index (χ2v) is 9.54.